The van der Waals surface area contributed by atoms with Crippen LogP contribution in [0.25, 0.3) is 16.6 Å². The number of anilines is 1. The number of piperazine rings is 1. The van der Waals surface area contributed by atoms with Gasteiger partial charge < -0.3 is 5.32 Å². The van der Waals surface area contributed by atoms with Crippen molar-refractivity contribution in [3.63, 3.8) is 0 Å². The third-order valence-electron chi connectivity index (χ3n) is 5.65. The van der Waals surface area contributed by atoms with Gasteiger partial charge in [-0.3, -0.25) is 9.69 Å². The second-order valence-corrected chi connectivity index (χ2v) is 10.1. The summed E-state index contributed by atoms with van der Waals surface area (Å²) < 4.78 is 26.9. The molecule has 1 N–H and O–H groups in total. The molecule has 1 saturated heterocycles. The van der Waals surface area contributed by atoms with Crippen molar-refractivity contribution in [3.8, 4) is 11.1 Å². The lowest BCUT2D eigenvalue weighted by Crippen LogP contribution is -2.52. The van der Waals surface area contributed by atoms with E-state index in [4.69, 9.17) is 0 Å². The molecule has 0 radical (unpaired) electrons. The van der Waals surface area contributed by atoms with E-state index in [1.807, 2.05) is 24.4 Å². The highest BCUT2D eigenvalue weighted by Crippen LogP contribution is 2.27. The van der Waals surface area contributed by atoms with Gasteiger partial charge in [-0.2, -0.15) is 9.40 Å². The molecule has 1 atom stereocenters. The van der Waals surface area contributed by atoms with Gasteiger partial charge in [-0.15, -0.1) is 0 Å². The molecular formula is C22H27N5O3S. The maximum atomic E-state index is 11.8. The molecule has 3 aromatic rings. The van der Waals surface area contributed by atoms with Crippen LogP contribution in [0.2, 0.25) is 0 Å². The van der Waals surface area contributed by atoms with Gasteiger partial charge >= 0.3 is 0 Å². The second-order valence-electron chi connectivity index (χ2n) is 8.10. The molecule has 31 heavy (non-hydrogen) atoms. The highest BCUT2D eigenvalue weighted by atomic mass is 32.2. The standard InChI is InChI=1S/C22H27N5O3S/c1-16-14-26(31(3,29)30)12-11-25(16)15-18-6-8-19(9-7-18)20-5-4-10-27-21(20)13-22(24-27)23-17(2)28/h4-10,13,16H,11-12,14-15H2,1-3H3,(H,23,24,28)/t16-/m1/s1. The van der Waals surface area contributed by atoms with Crippen molar-refractivity contribution in [2.45, 2.75) is 26.4 Å². The van der Waals surface area contributed by atoms with Crippen LogP contribution >= 0.6 is 0 Å². The minimum absolute atomic E-state index is 0.152. The summed E-state index contributed by atoms with van der Waals surface area (Å²) in [6.07, 6.45) is 3.13. The molecule has 164 valence electrons. The first-order chi connectivity index (χ1) is 14.7. The molecule has 0 spiro atoms. The number of benzene rings is 1. The van der Waals surface area contributed by atoms with E-state index in [0.717, 1.165) is 29.7 Å². The zero-order chi connectivity index (χ0) is 22.2. The number of pyridine rings is 1. The number of aromatic nitrogens is 2. The molecule has 0 aliphatic carbocycles. The summed E-state index contributed by atoms with van der Waals surface area (Å²) in [4.78, 5) is 13.7. The average Bonchev–Trinajstić information content (AvgIpc) is 3.11. The fourth-order valence-electron chi connectivity index (χ4n) is 4.02. The van der Waals surface area contributed by atoms with Gasteiger partial charge in [-0.05, 0) is 24.1 Å². The quantitative estimate of drug-likeness (QED) is 0.657. The van der Waals surface area contributed by atoms with Gasteiger partial charge in [0.15, 0.2) is 5.82 Å². The smallest absolute Gasteiger partial charge is 0.222 e. The number of rotatable bonds is 5. The van der Waals surface area contributed by atoms with Crippen LogP contribution in [0.15, 0.2) is 48.7 Å². The van der Waals surface area contributed by atoms with Crippen LogP contribution < -0.4 is 5.32 Å². The van der Waals surface area contributed by atoms with E-state index in [1.165, 1.54) is 18.7 Å². The van der Waals surface area contributed by atoms with Crippen LogP contribution in [0.3, 0.4) is 0 Å². The van der Waals surface area contributed by atoms with Crippen LogP contribution in [0.5, 0.6) is 0 Å². The van der Waals surface area contributed by atoms with Crippen molar-refractivity contribution in [1.29, 1.82) is 0 Å². The van der Waals surface area contributed by atoms with Crippen molar-refractivity contribution < 1.29 is 13.2 Å². The number of carbonyl (C=O) groups excluding carboxylic acids is 1. The Kier molecular flexibility index (Phi) is 5.83. The van der Waals surface area contributed by atoms with Crippen LogP contribution in [-0.2, 0) is 21.4 Å². The molecule has 8 nitrogen and oxygen atoms in total. The highest BCUT2D eigenvalue weighted by molar-refractivity contribution is 7.88. The first-order valence-electron chi connectivity index (χ1n) is 10.3. The Balaban J connectivity index is 1.50. The minimum Gasteiger partial charge on any atom is -0.309 e. The lowest BCUT2D eigenvalue weighted by atomic mass is 10.0. The Hall–Kier alpha value is -2.75. The molecule has 4 rings (SSSR count). The van der Waals surface area contributed by atoms with E-state index in [0.29, 0.717) is 18.9 Å². The molecule has 3 heterocycles. The SMILES string of the molecule is CC(=O)Nc1cc2c(-c3ccc(CN4CCN(S(C)(=O)=O)C[C@H]4C)cc3)cccn2n1. The van der Waals surface area contributed by atoms with E-state index in [-0.39, 0.29) is 11.9 Å². The summed E-state index contributed by atoms with van der Waals surface area (Å²) in [7, 11) is -3.14. The number of sulfonamides is 1. The summed E-state index contributed by atoms with van der Waals surface area (Å²) >= 11 is 0. The number of carbonyl (C=O) groups is 1. The summed E-state index contributed by atoms with van der Waals surface area (Å²) in [6, 6.07) is 14.4. The zero-order valence-electron chi connectivity index (χ0n) is 17.9. The molecule has 1 amide bonds. The Bertz CT molecular complexity index is 1200. The molecule has 1 aliphatic rings. The lowest BCUT2D eigenvalue weighted by molar-refractivity contribution is -0.114. The maximum absolute atomic E-state index is 11.8. The largest absolute Gasteiger partial charge is 0.309 e. The van der Waals surface area contributed by atoms with Crippen molar-refractivity contribution >= 4 is 27.3 Å². The normalized spacial score (nSPS) is 18.4. The number of nitrogens with one attached hydrogen (secondary N) is 1. The summed E-state index contributed by atoms with van der Waals surface area (Å²) in [5.74, 6) is 0.375. The van der Waals surface area contributed by atoms with E-state index in [2.05, 4.69) is 46.5 Å². The summed E-state index contributed by atoms with van der Waals surface area (Å²) in [6.45, 7) is 6.09. The van der Waals surface area contributed by atoms with Crippen LogP contribution in [0.1, 0.15) is 19.4 Å². The second kappa shape index (κ2) is 8.41. The minimum atomic E-state index is -3.14. The molecule has 0 saturated carbocycles. The van der Waals surface area contributed by atoms with E-state index >= 15 is 0 Å². The molecule has 1 aromatic carbocycles. The van der Waals surface area contributed by atoms with Crippen molar-refractivity contribution in [1.82, 2.24) is 18.8 Å². The Morgan fingerprint density at radius 2 is 1.94 bits per heavy atom. The van der Waals surface area contributed by atoms with Gasteiger partial charge in [-0.25, -0.2) is 12.9 Å². The fraction of sp³-hybridized carbons (Fsp3) is 0.364. The summed E-state index contributed by atoms with van der Waals surface area (Å²) in [5.41, 5.74) is 4.21. The topological polar surface area (TPSA) is 87.0 Å². The Morgan fingerprint density at radius 3 is 2.58 bits per heavy atom. The highest BCUT2D eigenvalue weighted by Gasteiger charge is 2.28. The molecule has 1 fully saturated rings. The molecule has 9 heteroatoms. The zero-order valence-corrected chi connectivity index (χ0v) is 18.8. The lowest BCUT2D eigenvalue weighted by Gasteiger charge is -2.38. The summed E-state index contributed by atoms with van der Waals surface area (Å²) in [5, 5.41) is 7.12. The monoisotopic (exact) mass is 441 g/mol. The van der Waals surface area contributed by atoms with Gasteiger partial charge in [0, 0.05) is 57.0 Å². The fourth-order valence-corrected chi connectivity index (χ4v) is 4.92. The number of hydrogen-bond acceptors (Lipinski definition) is 5. The van der Waals surface area contributed by atoms with Gasteiger partial charge in [-0.1, -0.05) is 30.3 Å². The predicted octanol–water partition coefficient (Wildman–Crippen LogP) is 2.43. The molecular weight excluding hydrogens is 414 g/mol. The van der Waals surface area contributed by atoms with E-state index in [9.17, 15) is 13.2 Å². The number of nitrogens with zero attached hydrogens (tertiary/aromatic N) is 4. The number of fused-ring (bicyclic) bond motifs is 1. The Morgan fingerprint density at radius 1 is 1.19 bits per heavy atom. The van der Waals surface area contributed by atoms with E-state index < -0.39 is 10.0 Å². The van der Waals surface area contributed by atoms with Crippen molar-refractivity contribution in [2.75, 3.05) is 31.2 Å². The third-order valence-corrected chi connectivity index (χ3v) is 6.92. The van der Waals surface area contributed by atoms with Crippen molar-refractivity contribution in [2.24, 2.45) is 0 Å². The van der Waals surface area contributed by atoms with Crippen LogP contribution in [-0.4, -0.2) is 65.1 Å². The van der Waals surface area contributed by atoms with Crippen LogP contribution in [0, 0.1) is 0 Å². The maximum Gasteiger partial charge on any atom is 0.222 e. The van der Waals surface area contributed by atoms with Gasteiger partial charge in [0.25, 0.3) is 0 Å². The molecule has 1 aliphatic heterocycles. The molecule has 2 aromatic heterocycles. The number of amides is 1. The Labute approximate surface area is 182 Å². The van der Waals surface area contributed by atoms with Gasteiger partial charge in [0.2, 0.25) is 15.9 Å². The van der Waals surface area contributed by atoms with Crippen LogP contribution in [0.4, 0.5) is 5.82 Å². The first-order valence-corrected chi connectivity index (χ1v) is 12.1. The van der Waals surface area contributed by atoms with Gasteiger partial charge in [0.1, 0.15) is 0 Å². The molecule has 0 bridgehead atoms. The van der Waals surface area contributed by atoms with Crippen molar-refractivity contribution in [3.05, 3.63) is 54.2 Å². The predicted molar refractivity (Wildman–Crippen MR) is 121 cm³/mol. The third kappa shape index (κ3) is 4.79. The van der Waals surface area contributed by atoms with Gasteiger partial charge in [0.05, 0.1) is 11.8 Å². The van der Waals surface area contributed by atoms with E-state index in [1.54, 1.807) is 8.82 Å². The average molecular weight is 442 g/mol. The first kappa shape index (κ1) is 21.5. The molecule has 0 unspecified atom stereocenters. The number of hydrogen-bond donors (Lipinski definition) is 1.